The van der Waals surface area contributed by atoms with E-state index >= 15 is 0 Å². The molecule has 0 amide bonds. The molecule has 0 saturated heterocycles. The molecule has 3 heteroatoms. The second kappa shape index (κ2) is 8.70. The highest BCUT2D eigenvalue weighted by Gasteiger charge is 2.13. The molecule has 3 aromatic carbocycles. The predicted molar refractivity (Wildman–Crippen MR) is 107 cm³/mol. The maximum Gasteiger partial charge on any atom is 0.127 e. The van der Waals surface area contributed by atoms with Gasteiger partial charge in [0.1, 0.15) is 11.5 Å². The second-order valence-electron chi connectivity index (χ2n) is 5.60. The molecule has 3 nitrogen and oxygen atoms in total. The van der Waals surface area contributed by atoms with E-state index in [4.69, 9.17) is 9.47 Å². The van der Waals surface area contributed by atoms with Crippen LogP contribution in [0.5, 0.6) is 11.5 Å². The summed E-state index contributed by atoms with van der Waals surface area (Å²) in [6, 6.07) is 25.6. The quantitative estimate of drug-likeness (QED) is 0.551. The third kappa shape index (κ3) is 4.21. The summed E-state index contributed by atoms with van der Waals surface area (Å²) in [6.07, 6.45) is 0. The lowest BCUT2D eigenvalue weighted by Crippen LogP contribution is -1.97. The summed E-state index contributed by atoms with van der Waals surface area (Å²) in [5.41, 5.74) is 3.61. The van der Waals surface area contributed by atoms with Gasteiger partial charge in [-0.05, 0) is 48.7 Å². The zero-order valence-electron chi connectivity index (χ0n) is 15.0. The number of aliphatic imine (C=N–C) groups is 1. The number of para-hydroxylation sites is 1. The van der Waals surface area contributed by atoms with Crippen LogP contribution in [0.3, 0.4) is 0 Å². The molecule has 130 valence electrons. The number of hydrogen-bond donors (Lipinski definition) is 0. The van der Waals surface area contributed by atoms with Gasteiger partial charge in [0.05, 0.1) is 25.0 Å². The van der Waals surface area contributed by atoms with Crippen LogP contribution in [0.2, 0.25) is 0 Å². The Kier molecular flexibility index (Phi) is 5.87. The smallest absolute Gasteiger partial charge is 0.127 e. The van der Waals surface area contributed by atoms with Crippen molar-refractivity contribution >= 4 is 17.1 Å². The average Bonchev–Trinajstić information content (AvgIpc) is 2.70. The Morgan fingerprint density at radius 3 is 2.27 bits per heavy atom. The van der Waals surface area contributed by atoms with Gasteiger partial charge in [-0.2, -0.15) is 0 Å². The topological polar surface area (TPSA) is 30.8 Å². The van der Waals surface area contributed by atoms with Gasteiger partial charge in [0.2, 0.25) is 0 Å². The SMILES string of the molecule is CCOc1ccc(OC)c(C(=C=Nc2ccccc2)c2ccccc2)c1. The van der Waals surface area contributed by atoms with Crippen LogP contribution in [-0.4, -0.2) is 19.6 Å². The van der Waals surface area contributed by atoms with Gasteiger partial charge in [0, 0.05) is 5.56 Å². The molecule has 3 aromatic rings. The van der Waals surface area contributed by atoms with Crippen molar-refractivity contribution in [3.63, 3.8) is 0 Å². The first-order chi connectivity index (χ1) is 12.8. The molecule has 0 bridgehead atoms. The molecule has 0 aliphatic heterocycles. The van der Waals surface area contributed by atoms with Crippen LogP contribution in [0.1, 0.15) is 18.1 Å². The number of methoxy groups -OCH3 is 1. The summed E-state index contributed by atoms with van der Waals surface area (Å²) >= 11 is 0. The molecule has 0 heterocycles. The first-order valence-corrected chi connectivity index (χ1v) is 8.57. The molecule has 26 heavy (non-hydrogen) atoms. The molecule has 0 atom stereocenters. The van der Waals surface area contributed by atoms with E-state index in [-0.39, 0.29) is 0 Å². The van der Waals surface area contributed by atoms with Gasteiger partial charge in [-0.25, -0.2) is 4.99 Å². The minimum absolute atomic E-state index is 0.605. The molecular formula is C23H21NO2. The van der Waals surface area contributed by atoms with E-state index in [1.807, 2.05) is 85.8 Å². The molecule has 0 unspecified atom stereocenters. The van der Waals surface area contributed by atoms with Gasteiger partial charge in [-0.15, -0.1) is 0 Å². The normalized spacial score (nSPS) is 9.92. The fraction of sp³-hybridized carbons (Fsp3) is 0.130. The summed E-state index contributed by atoms with van der Waals surface area (Å²) < 4.78 is 11.2. The lowest BCUT2D eigenvalue weighted by molar-refractivity contribution is 0.339. The molecule has 0 aliphatic carbocycles. The largest absolute Gasteiger partial charge is 0.496 e. The van der Waals surface area contributed by atoms with E-state index in [9.17, 15) is 0 Å². The maximum absolute atomic E-state index is 5.67. The van der Waals surface area contributed by atoms with Crippen LogP contribution >= 0.6 is 0 Å². The molecule has 0 N–H and O–H groups in total. The lowest BCUT2D eigenvalue weighted by Gasteiger charge is -2.13. The van der Waals surface area contributed by atoms with Crippen LogP contribution in [0.25, 0.3) is 5.57 Å². The van der Waals surface area contributed by atoms with Crippen LogP contribution in [-0.2, 0) is 0 Å². The van der Waals surface area contributed by atoms with Gasteiger partial charge in [0.25, 0.3) is 0 Å². The van der Waals surface area contributed by atoms with Crippen LogP contribution in [0, 0.1) is 0 Å². The monoisotopic (exact) mass is 343 g/mol. The number of rotatable bonds is 6. The van der Waals surface area contributed by atoms with Crippen molar-refractivity contribution in [3.05, 3.63) is 90.0 Å². The van der Waals surface area contributed by atoms with E-state index in [0.29, 0.717) is 6.61 Å². The summed E-state index contributed by atoms with van der Waals surface area (Å²) in [5, 5.41) is 0. The van der Waals surface area contributed by atoms with Gasteiger partial charge >= 0.3 is 0 Å². The molecule has 0 fully saturated rings. The van der Waals surface area contributed by atoms with E-state index in [0.717, 1.165) is 33.9 Å². The van der Waals surface area contributed by atoms with Crippen molar-refractivity contribution in [2.75, 3.05) is 13.7 Å². The average molecular weight is 343 g/mol. The third-order valence-electron chi connectivity index (χ3n) is 3.87. The highest BCUT2D eigenvalue weighted by atomic mass is 16.5. The fourth-order valence-corrected chi connectivity index (χ4v) is 2.65. The van der Waals surface area contributed by atoms with Crippen molar-refractivity contribution in [1.82, 2.24) is 0 Å². The molecule has 0 saturated carbocycles. The Bertz CT molecular complexity index is 911. The van der Waals surface area contributed by atoms with Crippen molar-refractivity contribution in [2.45, 2.75) is 6.92 Å². The van der Waals surface area contributed by atoms with Crippen molar-refractivity contribution < 1.29 is 9.47 Å². The molecule has 0 aliphatic rings. The third-order valence-corrected chi connectivity index (χ3v) is 3.87. The molecule has 0 radical (unpaired) electrons. The number of nitrogens with zero attached hydrogens (tertiary/aromatic N) is 1. The number of benzene rings is 3. The molecule has 0 aromatic heterocycles. The van der Waals surface area contributed by atoms with Crippen LogP contribution in [0.4, 0.5) is 5.69 Å². The zero-order chi connectivity index (χ0) is 18.2. The van der Waals surface area contributed by atoms with E-state index in [1.165, 1.54) is 0 Å². The van der Waals surface area contributed by atoms with Gasteiger partial charge in [-0.1, -0.05) is 48.5 Å². The summed E-state index contributed by atoms with van der Waals surface area (Å²) in [6.45, 7) is 2.57. The maximum atomic E-state index is 5.67. The van der Waals surface area contributed by atoms with Crippen molar-refractivity contribution in [2.24, 2.45) is 4.99 Å². The minimum Gasteiger partial charge on any atom is -0.496 e. The number of hydrogen-bond acceptors (Lipinski definition) is 3. The van der Waals surface area contributed by atoms with E-state index < -0.39 is 0 Å². The summed E-state index contributed by atoms with van der Waals surface area (Å²) in [4.78, 5) is 4.53. The summed E-state index contributed by atoms with van der Waals surface area (Å²) in [7, 11) is 1.66. The fourth-order valence-electron chi connectivity index (χ4n) is 2.65. The first kappa shape index (κ1) is 17.5. The Labute approximate surface area is 154 Å². The Balaban J connectivity index is 2.19. The lowest BCUT2D eigenvalue weighted by atomic mass is 9.98. The van der Waals surface area contributed by atoms with Crippen molar-refractivity contribution in [1.29, 1.82) is 0 Å². The van der Waals surface area contributed by atoms with E-state index in [2.05, 4.69) is 10.9 Å². The standard InChI is InChI=1S/C23H21NO2/c1-3-26-20-14-15-23(25-2)21(16-20)22(18-10-6-4-7-11-18)17-24-19-12-8-5-9-13-19/h4-16H,3H2,1-2H3. The first-order valence-electron chi connectivity index (χ1n) is 8.57. The van der Waals surface area contributed by atoms with E-state index in [1.54, 1.807) is 7.11 Å². The Morgan fingerprint density at radius 2 is 1.62 bits per heavy atom. The van der Waals surface area contributed by atoms with Crippen LogP contribution in [0.15, 0.2) is 83.9 Å². The minimum atomic E-state index is 0.605. The van der Waals surface area contributed by atoms with Crippen molar-refractivity contribution in [3.8, 4) is 11.5 Å². The molecule has 3 rings (SSSR count). The Morgan fingerprint density at radius 1 is 0.923 bits per heavy atom. The predicted octanol–water partition coefficient (Wildman–Crippen LogP) is 5.53. The van der Waals surface area contributed by atoms with Gasteiger partial charge in [-0.3, -0.25) is 0 Å². The Hall–Kier alpha value is -3.29. The van der Waals surface area contributed by atoms with Crippen LogP contribution < -0.4 is 9.47 Å². The van der Waals surface area contributed by atoms with Gasteiger partial charge in [0.15, 0.2) is 0 Å². The highest BCUT2D eigenvalue weighted by molar-refractivity contribution is 6.01. The zero-order valence-corrected chi connectivity index (χ0v) is 15.0. The molecular weight excluding hydrogens is 322 g/mol. The molecule has 0 spiro atoms. The van der Waals surface area contributed by atoms with Gasteiger partial charge < -0.3 is 9.47 Å². The highest BCUT2D eigenvalue weighted by Crippen LogP contribution is 2.32. The second-order valence-corrected chi connectivity index (χ2v) is 5.60. The summed E-state index contributed by atoms with van der Waals surface area (Å²) in [5.74, 6) is 4.76. The number of ether oxygens (including phenoxy) is 2.